The zero-order valence-electron chi connectivity index (χ0n) is 55.5. The molecule has 0 bridgehead atoms. The third-order valence-corrected chi connectivity index (χ3v) is 20.0. The van der Waals surface area contributed by atoms with E-state index in [4.69, 9.17) is 0 Å². The van der Waals surface area contributed by atoms with E-state index in [9.17, 15) is 25.9 Å². The summed E-state index contributed by atoms with van der Waals surface area (Å²) in [6, 6.07) is 19.4. The van der Waals surface area contributed by atoms with Crippen molar-refractivity contribution < 1.29 is 25.9 Å². The van der Waals surface area contributed by atoms with E-state index in [-0.39, 0.29) is 47.5 Å². The van der Waals surface area contributed by atoms with Gasteiger partial charge in [-0.3, -0.25) is 0 Å². The second-order valence-corrected chi connectivity index (χ2v) is 28.3. The zero-order chi connectivity index (χ0) is 60.6. The van der Waals surface area contributed by atoms with Gasteiger partial charge in [-0.25, -0.2) is 16.8 Å². The molecule has 0 aliphatic carbocycles. The number of aryl methyl sites for hydroxylation is 4. The Kier molecular flexibility index (Phi) is 48.8. The minimum absolute atomic E-state index is 0. The van der Waals surface area contributed by atoms with E-state index in [2.05, 4.69) is 39.8 Å². The monoisotopic (exact) mass is 1240 g/mol. The predicted molar refractivity (Wildman–Crippen MR) is 369 cm³/mol. The number of fused-ring (bicyclic) bond motifs is 2. The fourth-order valence-corrected chi connectivity index (χ4v) is 14.4. The van der Waals surface area contributed by atoms with Crippen LogP contribution >= 0.6 is 0 Å². The molecule has 9 heteroatoms. The van der Waals surface area contributed by atoms with E-state index in [1.165, 1.54) is 281 Å². The van der Waals surface area contributed by atoms with E-state index >= 15 is 0 Å². The minimum atomic E-state index is -4.49. The van der Waals surface area contributed by atoms with Crippen LogP contribution in [0.3, 0.4) is 0 Å². The summed E-state index contributed by atoms with van der Waals surface area (Å²) in [6.45, 7) is 9.07. The van der Waals surface area contributed by atoms with Gasteiger partial charge in [0.25, 0.3) is 0 Å². The van der Waals surface area contributed by atoms with Crippen molar-refractivity contribution in [2.75, 3.05) is 0 Å². The smallest absolute Gasteiger partial charge is 0.744 e. The summed E-state index contributed by atoms with van der Waals surface area (Å²) in [6.07, 6.45) is 66.0. The Morgan fingerprint density at radius 2 is 0.447 bits per heavy atom. The molecule has 0 saturated carbocycles. The summed E-state index contributed by atoms with van der Waals surface area (Å²) in [5.74, 6) is 0. The van der Waals surface area contributed by atoms with Gasteiger partial charge < -0.3 is 9.11 Å². The van der Waals surface area contributed by atoms with Crippen molar-refractivity contribution in [3.63, 3.8) is 0 Å². The standard InChI is InChI=1S/2C38H64O3S.Ca/c2*1-3-5-7-9-11-13-15-17-19-21-23-25-28-34-29-27-31-36-35(34)32-33-38(42(39,40)41)37(36)30-26-24-22-20-18-16-14-12-10-8-6-4-2;/h2*27,29,31-33H,3-26,28,30H2,1-2H3,(H,39,40,41);/q;;+2/p-2. The van der Waals surface area contributed by atoms with E-state index in [1.54, 1.807) is 12.1 Å². The van der Waals surface area contributed by atoms with Crippen molar-refractivity contribution in [2.45, 2.75) is 371 Å². The quantitative estimate of drug-likeness (QED) is 0.0247. The normalized spacial score (nSPS) is 11.8. The van der Waals surface area contributed by atoms with Crippen LogP contribution in [0.2, 0.25) is 0 Å². The summed E-state index contributed by atoms with van der Waals surface area (Å²) in [5.41, 5.74) is 4.05. The summed E-state index contributed by atoms with van der Waals surface area (Å²) in [5, 5.41) is 4.18. The molecule has 0 radical (unpaired) electrons. The first-order valence-electron chi connectivity index (χ1n) is 36.0. The molecule has 85 heavy (non-hydrogen) atoms. The van der Waals surface area contributed by atoms with Crippen molar-refractivity contribution in [1.82, 2.24) is 0 Å². The van der Waals surface area contributed by atoms with Crippen LogP contribution < -0.4 is 0 Å². The van der Waals surface area contributed by atoms with Gasteiger partial charge in [0.15, 0.2) is 0 Å². The van der Waals surface area contributed by atoms with Gasteiger partial charge in [-0.05, 0) is 107 Å². The fourth-order valence-electron chi connectivity index (χ4n) is 12.9. The third-order valence-electron chi connectivity index (χ3n) is 18.1. The Bertz CT molecular complexity index is 2300. The first kappa shape index (κ1) is 79.6. The molecule has 0 aliphatic rings. The molecular weight excluding hydrogens is 1110 g/mol. The molecule has 0 unspecified atom stereocenters. The Hall–Kier alpha value is -1.52. The van der Waals surface area contributed by atoms with Crippen molar-refractivity contribution in [3.05, 3.63) is 82.9 Å². The van der Waals surface area contributed by atoms with Gasteiger partial charge in [0.1, 0.15) is 20.2 Å². The summed E-state index contributed by atoms with van der Waals surface area (Å²) in [7, 11) is -8.99. The maximum atomic E-state index is 12.1. The van der Waals surface area contributed by atoms with Crippen molar-refractivity contribution in [3.8, 4) is 0 Å². The SMILES string of the molecule is CCCCCCCCCCCCCCc1cccc2c(CCCCCCCCCCCCCC)c(S(=O)(=O)[O-])ccc12.CCCCCCCCCCCCCCc1cccc2c(CCCCCCCCCCCCCC)c(S(=O)(=O)[O-])ccc12.[Ca+2]. The molecule has 0 saturated heterocycles. The maximum absolute atomic E-state index is 12.1. The van der Waals surface area contributed by atoms with Crippen LogP contribution in [0.1, 0.15) is 358 Å². The topological polar surface area (TPSA) is 114 Å². The van der Waals surface area contributed by atoms with Crippen LogP contribution in [0.4, 0.5) is 0 Å². The van der Waals surface area contributed by atoms with E-state index in [0.29, 0.717) is 12.8 Å². The number of benzene rings is 4. The molecule has 4 aromatic rings. The van der Waals surface area contributed by atoms with Gasteiger partial charge in [0, 0.05) is 0 Å². The van der Waals surface area contributed by atoms with Gasteiger partial charge >= 0.3 is 37.7 Å². The number of rotatable bonds is 54. The predicted octanol–water partition coefficient (Wildman–Crippen LogP) is 24.1. The van der Waals surface area contributed by atoms with Crippen LogP contribution in [0.15, 0.2) is 70.5 Å². The summed E-state index contributed by atoms with van der Waals surface area (Å²) in [4.78, 5) is -0.0267. The van der Waals surface area contributed by atoms with Crippen molar-refractivity contribution >= 4 is 79.5 Å². The average molecular weight is 1240 g/mol. The number of hydrogen-bond donors (Lipinski definition) is 0. The van der Waals surface area contributed by atoms with Crippen molar-refractivity contribution in [2.24, 2.45) is 0 Å². The van der Waals surface area contributed by atoms with E-state index in [0.717, 1.165) is 84.0 Å². The minimum Gasteiger partial charge on any atom is -0.744 e. The molecular formula is C76H126CaO6S2. The van der Waals surface area contributed by atoms with Crippen molar-refractivity contribution in [1.29, 1.82) is 0 Å². The summed E-state index contributed by atoms with van der Waals surface area (Å²) >= 11 is 0. The molecule has 4 aromatic carbocycles. The van der Waals surface area contributed by atoms with Crippen LogP contribution in [0.5, 0.6) is 0 Å². The van der Waals surface area contributed by atoms with Gasteiger partial charge in [-0.1, -0.05) is 359 Å². The largest absolute Gasteiger partial charge is 2.00 e. The molecule has 6 nitrogen and oxygen atoms in total. The van der Waals surface area contributed by atoms with Gasteiger partial charge in [-0.15, -0.1) is 0 Å². The second kappa shape index (κ2) is 52.1. The molecule has 0 aromatic heterocycles. The molecule has 0 fully saturated rings. The Balaban J connectivity index is 0.000000573. The van der Waals surface area contributed by atoms with Crippen LogP contribution in [0, 0.1) is 0 Å². The van der Waals surface area contributed by atoms with Gasteiger partial charge in [0.2, 0.25) is 0 Å². The van der Waals surface area contributed by atoms with E-state index < -0.39 is 20.2 Å². The van der Waals surface area contributed by atoms with Crippen LogP contribution in [0.25, 0.3) is 21.5 Å². The zero-order valence-corrected chi connectivity index (χ0v) is 59.4. The molecule has 0 aliphatic heterocycles. The van der Waals surface area contributed by atoms with Gasteiger partial charge in [-0.2, -0.15) is 0 Å². The summed E-state index contributed by atoms with van der Waals surface area (Å²) < 4.78 is 72.9. The molecule has 0 heterocycles. The second-order valence-electron chi connectivity index (χ2n) is 25.6. The molecule has 0 spiro atoms. The Labute approximate surface area is 555 Å². The first-order chi connectivity index (χ1) is 41.0. The molecule has 4 rings (SSSR count). The molecule has 0 N–H and O–H groups in total. The Morgan fingerprint density at radius 1 is 0.247 bits per heavy atom. The molecule has 0 amide bonds. The van der Waals surface area contributed by atoms with Gasteiger partial charge in [0.05, 0.1) is 9.79 Å². The molecule has 480 valence electrons. The first-order valence-corrected chi connectivity index (χ1v) is 38.8. The maximum Gasteiger partial charge on any atom is 2.00 e. The Morgan fingerprint density at radius 3 is 0.659 bits per heavy atom. The average Bonchev–Trinajstić information content (AvgIpc) is 2.60. The molecule has 0 atom stereocenters. The fraction of sp³-hybridized carbons (Fsp3) is 0.737. The van der Waals surface area contributed by atoms with Crippen LogP contribution in [-0.2, 0) is 45.9 Å². The number of hydrogen-bond acceptors (Lipinski definition) is 6. The van der Waals surface area contributed by atoms with Crippen LogP contribution in [-0.4, -0.2) is 63.7 Å². The van der Waals surface area contributed by atoms with E-state index in [1.807, 2.05) is 36.4 Å². The number of unbranched alkanes of at least 4 members (excludes halogenated alkanes) is 44. The third kappa shape index (κ3) is 36.8.